The number of para-hydroxylation sites is 2. The van der Waals surface area contributed by atoms with E-state index < -0.39 is 0 Å². The van der Waals surface area contributed by atoms with Crippen LogP contribution in [0.1, 0.15) is 39.9 Å². The topological polar surface area (TPSA) is 67.9 Å². The number of hydrogen-bond donors (Lipinski definition) is 1. The van der Waals surface area contributed by atoms with E-state index in [0.717, 1.165) is 36.3 Å². The van der Waals surface area contributed by atoms with E-state index in [1.165, 1.54) is 5.56 Å². The van der Waals surface area contributed by atoms with Crippen molar-refractivity contribution in [3.63, 3.8) is 0 Å². The summed E-state index contributed by atoms with van der Waals surface area (Å²) in [5.74, 6) is 0.535. The van der Waals surface area contributed by atoms with Crippen molar-refractivity contribution in [1.29, 1.82) is 0 Å². The number of carbonyl (C=O) groups excluding carboxylic acids is 2. The van der Waals surface area contributed by atoms with Gasteiger partial charge in [0.15, 0.2) is 11.5 Å². The predicted octanol–water partition coefficient (Wildman–Crippen LogP) is 4.87. The SMILES string of the molecule is Cc1ccc(CN2C(=O)/C(=C\c3ccc(C(=O)NC[C@@H]4CCCO4)cc3)Oc3ccccc32)cc1. The fraction of sp³-hybridized carbons (Fsp3) is 0.241. The van der Waals surface area contributed by atoms with Crippen molar-refractivity contribution in [2.45, 2.75) is 32.4 Å². The zero-order valence-electron chi connectivity index (χ0n) is 19.7. The molecule has 0 bridgehead atoms. The number of anilines is 1. The Morgan fingerprint density at radius 3 is 2.57 bits per heavy atom. The third kappa shape index (κ3) is 5.28. The van der Waals surface area contributed by atoms with E-state index in [0.29, 0.717) is 24.4 Å². The molecule has 178 valence electrons. The molecule has 0 aromatic heterocycles. The maximum atomic E-state index is 13.4. The van der Waals surface area contributed by atoms with Crippen molar-refractivity contribution in [1.82, 2.24) is 5.32 Å². The first kappa shape index (κ1) is 22.9. The van der Waals surface area contributed by atoms with Gasteiger partial charge < -0.3 is 14.8 Å². The first-order valence-electron chi connectivity index (χ1n) is 11.9. The number of ether oxygens (including phenoxy) is 2. The first-order valence-corrected chi connectivity index (χ1v) is 11.9. The van der Waals surface area contributed by atoms with Gasteiger partial charge >= 0.3 is 0 Å². The summed E-state index contributed by atoms with van der Waals surface area (Å²) < 4.78 is 11.5. The van der Waals surface area contributed by atoms with E-state index in [1.54, 1.807) is 23.1 Å². The average Bonchev–Trinajstić information content (AvgIpc) is 3.40. The lowest BCUT2D eigenvalue weighted by Gasteiger charge is -2.30. The van der Waals surface area contributed by atoms with Crippen LogP contribution < -0.4 is 15.0 Å². The molecule has 3 aromatic carbocycles. The van der Waals surface area contributed by atoms with E-state index >= 15 is 0 Å². The Morgan fingerprint density at radius 2 is 1.83 bits per heavy atom. The Kier molecular flexibility index (Phi) is 6.64. The molecular weight excluding hydrogens is 440 g/mol. The Hall–Kier alpha value is -3.90. The monoisotopic (exact) mass is 468 g/mol. The summed E-state index contributed by atoms with van der Waals surface area (Å²) in [5.41, 5.74) is 4.30. The van der Waals surface area contributed by atoms with E-state index in [4.69, 9.17) is 9.47 Å². The summed E-state index contributed by atoms with van der Waals surface area (Å²) in [6, 6.07) is 22.8. The van der Waals surface area contributed by atoms with Crippen molar-refractivity contribution in [2.75, 3.05) is 18.1 Å². The molecule has 0 radical (unpaired) electrons. The number of aryl methyl sites for hydroxylation is 1. The molecule has 0 unspecified atom stereocenters. The predicted molar refractivity (Wildman–Crippen MR) is 135 cm³/mol. The van der Waals surface area contributed by atoms with Crippen LogP contribution in [0.4, 0.5) is 5.69 Å². The standard InChI is InChI=1S/C29H28N2O4/c1-20-8-10-22(11-9-20)19-31-25-6-2-3-7-26(25)35-27(29(31)33)17-21-12-14-23(15-13-21)28(32)30-18-24-5-4-16-34-24/h2-3,6-15,17,24H,4-5,16,18-19H2,1H3,(H,30,32)/b27-17+/t24-/m0/s1. The van der Waals surface area contributed by atoms with Crippen molar-refractivity contribution in [2.24, 2.45) is 0 Å². The minimum absolute atomic E-state index is 0.100. The number of nitrogens with one attached hydrogen (secondary N) is 1. The molecule has 1 fully saturated rings. The lowest BCUT2D eigenvalue weighted by atomic mass is 10.1. The molecule has 2 heterocycles. The number of carbonyl (C=O) groups is 2. The summed E-state index contributed by atoms with van der Waals surface area (Å²) in [5, 5.41) is 2.93. The van der Waals surface area contributed by atoms with Crippen LogP contribution in [0.5, 0.6) is 5.75 Å². The number of nitrogens with zero attached hydrogens (tertiary/aromatic N) is 1. The van der Waals surface area contributed by atoms with Gasteiger partial charge in [-0.2, -0.15) is 0 Å². The fourth-order valence-corrected chi connectivity index (χ4v) is 4.29. The molecule has 1 atom stereocenters. The third-order valence-electron chi connectivity index (χ3n) is 6.28. The molecule has 6 nitrogen and oxygen atoms in total. The van der Waals surface area contributed by atoms with E-state index in [2.05, 4.69) is 5.32 Å². The lowest BCUT2D eigenvalue weighted by molar-refractivity contribution is -0.117. The van der Waals surface area contributed by atoms with Crippen molar-refractivity contribution >= 4 is 23.6 Å². The first-order chi connectivity index (χ1) is 17.1. The Labute approximate surface area is 205 Å². The summed E-state index contributed by atoms with van der Waals surface area (Å²) in [7, 11) is 0. The molecule has 2 aliphatic heterocycles. The van der Waals surface area contributed by atoms with Gasteiger partial charge in [-0.25, -0.2) is 0 Å². The second kappa shape index (κ2) is 10.2. The minimum Gasteiger partial charge on any atom is -0.449 e. The molecule has 2 aliphatic rings. The molecule has 0 aliphatic carbocycles. The van der Waals surface area contributed by atoms with Crippen LogP contribution >= 0.6 is 0 Å². The summed E-state index contributed by atoms with van der Waals surface area (Å²) in [6.45, 7) is 3.76. The highest BCUT2D eigenvalue weighted by Gasteiger charge is 2.30. The van der Waals surface area contributed by atoms with Crippen LogP contribution in [-0.2, 0) is 16.1 Å². The largest absolute Gasteiger partial charge is 0.449 e. The van der Waals surface area contributed by atoms with Gasteiger partial charge in [-0.05, 0) is 61.2 Å². The maximum absolute atomic E-state index is 13.4. The minimum atomic E-state index is -0.206. The number of hydrogen-bond acceptors (Lipinski definition) is 4. The van der Waals surface area contributed by atoms with Gasteiger partial charge in [0.1, 0.15) is 0 Å². The zero-order valence-corrected chi connectivity index (χ0v) is 19.7. The van der Waals surface area contributed by atoms with Crippen LogP contribution in [0.2, 0.25) is 0 Å². The fourth-order valence-electron chi connectivity index (χ4n) is 4.29. The van der Waals surface area contributed by atoms with Crippen LogP contribution in [0, 0.1) is 6.92 Å². The molecule has 35 heavy (non-hydrogen) atoms. The lowest BCUT2D eigenvalue weighted by Crippen LogP contribution is -2.36. The van der Waals surface area contributed by atoms with Gasteiger partial charge in [-0.1, -0.05) is 54.1 Å². The van der Waals surface area contributed by atoms with E-state index in [9.17, 15) is 9.59 Å². The van der Waals surface area contributed by atoms with Gasteiger partial charge in [0, 0.05) is 18.7 Å². The molecule has 6 heteroatoms. The second-order valence-corrected chi connectivity index (χ2v) is 8.92. The Balaban J connectivity index is 1.33. The molecule has 3 aromatic rings. The highest BCUT2D eigenvalue weighted by molar-refractivity contribution is 6.09. The summed E-state index contributed by atoms with van der Waals surface area (Å²) in [6.07, 6.45) is 3.83. The quantitative estimate of drug-likeness (QED) is 0.524. The van der Waals surface area contributed by atoms with E-state index in [1.807, 2.05) is 67.6 Å². The Morgan fingerprint density at radius 1 is 1.06 bits per heavy atom. The highest BCUT2D eigenvalue weighted by atomic mass is 16.5. The van der Waals surface area contributed by atoms with Gasteiger partial charge in [0.05, 0.1) is 18.3 Å². The van der Waals surface area contributed by atoms with Gasteiger partial charge in [-0.15, -0.1) is 0 Å². The van der Waals surface area contributed by atoms with Crippen molar-refractivity contribution in [3.05, 3.63) is 101 Å². The maximum Gasteiger partial charge on any atom is 0.294 e. The molecular formula is C29H28N2O4. The molecule has 2 amide bonds. The molecule has 1 saturated heterocycles. The van der Waals surface area contributed by atoms with Crippen LogP contribution in [0.15, 0.2) is 78.6 Å². The molecule has 5 rings (SSSR count). The van der Waals surface area contributed by atoms with Crippen LogP contribution in [0.3, 0.4) is 0 Å². The van der Waals surface area contributed by atoms with Crippen LogP contribution in [-0.4, -0.2) is 31.1 Å². The zero-order chi connectivity index (χ0) is 24.2. The Bertz CT molecular complexity index is 1240. The van der Waals surface area contributed by atoms with Crippen molar-refractivity contribution in [3.8, 4) is 5.75 Å². The smallest absolute Gasteiger partial charge is 0.294 e. The molecule has 1 N–H and O–H groups in total. The molecule has 0 spiro atoms. The van der Waals surface area contributed by atoms with Crippen LogP contribution in [0.25, 0.3) is 6.08 Å². The number of benzene rings is 3. The van der Waals surface area contributed by atoms with E-state index in [-0.39, 0.29) is 23.7 Å². The number of fused-ring (bicyclic) bond motifs is 1. The van der Waals surface area contributed by atoms with Crippen molar-refractivity contribution < 1.29 is 19.1 Å². The highest BCUT2D eigenvalue weighted by Crippen LogP contribution is 2.36. The summed E-state index contributed by atoms with van der Waals surface area (Å²) >= 11 is 0. The van der Waals surface area contributed by atoms with Gasteiger partial charge in [0.2, 0.25) is 0 Å². The average molecular weight is 469 g/mol. The third-order valence-corrected chi connectivity index (χ3v) is 6.28. The number of rotatable bonds is 6. The van der Waals surface area contributed by atoms with Gasteiger partial charge in [-0.3, -0.25) is 14.5 Å². The summed E-state index contributed by atoms with van der Waals surface area (Å²) in [4.78, 5) is 27.6. The normalized spacial score (nSPS) is 18.3. The number of amides is 2. The second-order valence-electron chi connectivity index (χ2n) is 8.92. The molecule has 0 saturated carbocycles. The van der Waals surface area contributed by atoms with Gasteiger partial charge in [0.25, 0.3) is 11.8 Å².